The van der Waals surface area contributed by atoms with Gasteiger partial charge in [0.05, 0.1) is 12.3 Å². The van der Waals surface area contributed by atoms with Crippen LogP contribution in [0.15, 0.2) is 84.1 Å². The average Bonchev–Trinajstić information content (AvgIpc) is 2.74. The molecule has 1 heterocycles. The molecule has 0 aliphatic carbocycles. The number of benzene rings is 2. The van der Waals surface area contributed by atoms with Crippen LogP contribution in [0, 0.1) is 6.92 Å². The highest BCUT2D eigenvalue weighted by molar-refractivity contribution is 6.05. The zero-order valence-electron chi connectivity index (χ0n) is 17.0. The van der Waals surface area contributed by atoms with Crippen LogP contribution in [0.1, 0.15) is 36.0 Å². The Labute approximate surface area is 176 Å². The van der Waals surface area contributed by atoms with E-state index >= 15 is 0 Å². The summed E-state index contributed by atoms with van der Waals surface area (Å²) in [7, 11) is 0. The van der Waals surface area contributed by atoms with Gasteiger partial charge < -0.3 is 5.32 Å². The minimum Gasteiger partial charge on any atom is -0.310 e. The summed E-state index contributed by atoms with van der Waals surface area (Å²) in [5, 5.41) is 6.86. The van der Waals surface area contributed by atoms with Gasteiger partial charge in [-0.3, -0.25) is 9.59 Å². The normalized spacial score (nSPS) is 11.2. The number of nitrogens with one attached hydrogen (secondary N) is 2. The van der Waals surface area contributed by atoms with Crippen LogP contribution in [-0.2, 0) is 9.59 Å². The molecule has 2 N–H and O–H groups in total. The van der Waals surface area contributed by atoms with Crippen molar-refractivity contribution in [1.82, 2.24) is 10.4 Å². The molecular weight excluding hydrogens is 376 g/mol. The number of hydrogen-bond donors (Lipinski definition) is 2. The lowest BCUT2D eigenvalue weighted by molar-refractivity contribution is -0.121. The Morgan fingerprint density at radius 3 is 2.13 bits per heavy atom. The lowest BCUT2D eigenvalue weighted by atomic mass is 9.91. The molecule has 0 radical (unpaired) electrons. The Morgan fingerprint density at radius 2 is 1.57 bits per heavy atom. The van der Waals surface area contributed by atoms with Crippen LogP contribution in [0.2, 0.25) is 0 Å². The molecule has 0 bridgehead atoms. The van der Waals surface area contributed by atoms with Gasteiger partial charge in [-0.05, 0) is 42.7 Å². The van der Waals surface area contributed by atoms with Crippen molar-refractivity contribution in [3.05, 3.63) is 95.7 Å². The fourth-order valence-electron chi connectivity index (χ4n) is 3.06. The summed E-state index contributed by atoms with van der Waals surface area (Å²) < 4.78 is 0. The second kappa shape index (κ2) is 10.1. The largest absolute Gasteiger partial charge is 0.310 e. The number of nitrogens with zero attached hydrogens (tertiary/aromatic N) is 2. The number of pyridine rings is 1. The van der Waals surface area contributed by atoms with Crippen LogP contribution in [0.4, 0.5) is 5.82 Å². The monoisotopic (exact) mass is 400 g/mol. The molecule has 0 fully saturated rings. The van der Waals surface area contributed by atoms with Crippen molar-refractivity contribution < 1.29 is 9.59 Å². The van der Waals surface area contributed by atoms with Crippen molar-refractivity contribution in [3.8, 4) is 0 Å². The summed E-state index contributed by atoms with van der Waals surface area (Å²) in [5.74, 6) is -0.502. The van der Waals surface area contributed by atoms with E-state index in [4.69, 9.17) is 0 Å². The van der Waals surface area contributed by atoms with Crippen molar-refractivity contribution in [2.24, 2.45) is 5.10 Å². The Morgan fingerprint density at radius 1 is 0.967 bits per heavy atom. The maximum atomic E-state index is 12.9. The minimum atomic E-state index is -0.491. The summed E-state index contributed by atoms with van der Waals surface area (Å²) in [5.41, 5.74) is 5.86. The standard InChI is InChI=1S/C24H24N4O2/c1-17-13-14-25-21(15-17)26-22(29)16-18(2)27-28-24(30)23(19-9-5-3-6-10-19)20-11-7-4-8-12-20/h3-15,23H,16H2,1-2H3,(H,28,30)(H,25,26,29). The molecule has 0 atom stereocenters. The number of aryl methyl sites for hydroxylation is 1. The van der Waals surface area contributed by atoms with E-state index in [9.17, 15) is 9.59 Å². The number of amides is 2. The van der Waals surface area contributed by atoms with Gasteiger partial charge in [-0.1, -0.05) is 60.7 Å². The minimum absolute atomic E-state index is 0.0528. The van der Waals surface area contributed by atoms with E-state index in [1.165, 1.54) is 0 Å². The van der Waals surface area contributed by atoms with E-state index in [1.54, 1.807) is 19.2 Å². The van der Waals surface area contributed by atoms with Crippen LogP contribution in [0.25, 0.3) is 0 Å². The van der Waals surface area contributed by atoms with Crippen LogP contribution in [0.5, 0.6) is 0 Å². The van der Waals surface area contributed by atoms with Crippen molar-refractivity contribution >= 4 is 23.3 Å². The van der Waals surface area contributed by atoms with E-state index in [0.29, 0.717) is 11.5 Å². The molecule has 0 aliphatic heterocycles. The Hall–Kier alpha value is -3.80. The molecule has 6 heteroatoms. The molecule has 0 saturated carbocycles. The number of carbonyl (C=O) groups is 2. The van der Waals surface area contributed by atoms with Gasteiger partial charge >= 0.3 is 0 Å². The first-order chi connectivity index (χ1) is 14.5. The fraction of sp³-hybridized carbons (Fsp3) is 0.167. The molecule has 6 nitrogen and oxygen atoms in total. The SMILES string of the molecule is CC(CC(=O)Nc1cc(C)ccn1)=NNC(=O)C(c1ccccc1)c1ccccc1. The number of carbonyl (C=O) groups excluding carboxylic acids is 2. The second-order valence-corrected chi connectivity index (χ2v) is 7.02. The summed E-state index contributed by atoms with van der Waals surface area (Å²) in [6, 6.07) is 22.7. The molecule has 152 valence electrons. The summed E-state index contributed by atoms with van der Waals surface area (Å²) in [6.07, 6.45) is 1.69. The third-order valence-electron chi connectivity index (χ3n) is 4.48. The second-order valence-electron chi connectivity index (χ2n) is 7.02. The lowest BCUT2D eigenvalue weighted by Crippen LogP contribution is -2.27. The fourth-order valence-corrected chi connectivity index (χ4v) is 3.06. The van der Waals surface area contributed by atoms with E-state index < -0.39 is 5.92 Å². The smallest absolute Gasteiger partial charge is 0.252 e. The van der Waals surface area contributed by atoms with Gasteiger partial charge in [0.2, 0.25) is 5.91 Å². The molecule has 3 rings (SSSR count). The Bertz CT molecular complexity index is 994. The van der Waals surface area contributed by atoms with Crippen LogP contribution in [-0.4, -0.2) is 22.5 Å². The van der Waals surface area contributed by atoms with Crippen molar-refractivity contribution in [2.75, 3.05) is 5.32 Å². The van der Waals surface area contributed by atoms with Gasteiger partial charge in [0.15, 0.2) is 0 Å². The van der Waals surface area contributed by atoms with Crippen LogP contribution in [0.3, 0.4) is 0 Å². The number of anilines is 1. The number of hydrazone groups is 1. The van der Waals surface area contributed by atoms with Crippen LogP contribution < -0.4 is 10.7 Å². The summed E-state index contributed by atoms with van der Waals surface area (Å²) >= 11 is 0. The predicted molar refractivity (Wildman–Crippen MR) is 118 cm³/mol. The van der Waals surface area contributed by atoms with Gasteiger partial charge in [0, 0.05) is 11.9 Å². The van der Waals surface area contributed by atoms with Gasteiger partial charge in [-0.15, -0.1) is 0 Å². The molecule has 2 aromatic carbocycles. The Kier molecular flexibility index (Phi) is 7.05. The highest BCUT2D eigenvalue weighted by Crippen LogP contribution is 2.24. The molecular formula is C24H24N4O2. The van der Waals surface area contributed by atoms with Crippen molar-refractivity contribution in [2.45, 2.75) is 26.2 Å². The van der Waals surface area contributed by atoms with E-state index in [-0.39, 0.29) is 18.2 Å². The predicted octanol–water partition coefficient (Wildman–Crippen LogP) is 4.04. The van der Waals surface area contributed by atoms with Crippen LogP contribution >= 0.6 is 0 Å². The third kappa shape index (κ3) is 5.85. The third-order valence-corrected chi connectivity index (χ3v) is 4.48. The first kappa shape index (κ1) is 20.9. The molecule has 2 amide bonds. The summed E-state index contributed by atoms with van der Waals surface area (Å²) in [4.78, 5) is 29.3. The zero-order valence-corrected chi connectivity index (χ0v) is 17.0. The van der Waals surface area contributed by atoms with Gasteiger partial charge in [-0.2, -0.15) is 5.10 Å². The molecule has 0 spiro atoms. The zero-order chi connectivity index (χ0) is 21.3. The molecule has 1 aromatic heterocycles. The van der Waals surface area contributed by atoms with E-state index in [1.807, 2.05) is 73.7 Å². The molecule has 0 aliphatic rings. The number of rotatable bonds is 7. The van der Waals surface area contributed by atoms with E-state index in [0.717, 1.165) is 16.7 Å². The maximum Gasteiger partial charge on any atom is 0.252 e. The number of hydrogen-bond acceptors (Lipinski definition) is 4. The maximum absolute atomic E-state index is 12.9. The van der Waals surface area contributed by atoms with Crippen molar-refractivity contribution in [1.29, 1.82) is 0 Å². The van der Waals surface area contributed by atoms with Gasteiger partial charge in [0.25, 0.3) is 5.91 Å². The van der Waals surface area contributed by atoms with Gasteiger partial charge in [-0.25, -0.2) is 10.4 Å². The molecule has 0 unspecified atom stereocenters. The Balaban J connectivity index is 1.66. The number of aromatic nitrogens is 1. The lowest BCUT2D eigenvalue weighted by Gasteiger charge is -2.16. The van der Waals surface area contributed by atoms with Gasteiger partial charge in [0.1, 0.15) is 5.82 Å². The van der Waals surface area contributed by atoms with E-state index in [2.05, 4.69) is 20.8 Å². The first-order valence-corrected chi connectivity index (χ1v) is 9.68. The highest BCUT2D eigenvalue weighted by Gasteiger charge is 2.22. The topological polar surface area (TPSA) is 83.4 Å². The molecule has 0 saturated heterocycles. The molecule has 30 heavy (non-hydrogen) atoms. The quantitative estimate of drug-likeness (QED) is 0.464. The highest BCUT2D eigenvalue weighted by atomic mass is 16.2. The first-order valence-electron chi connectivity index (χ1n) is 9.68. The average molecular weight is 400 g/mol. The molecule has 3 aromatic rings. The van der Waals surface area contributed by atoms with Crippen molar-refractivity contribution in [3.63, 3.8) is 0 Å². The summed E-state index contributed by atoms with van der Waals surface area (Å²) in [6.45, 7) is 3.62.